The van der Waals surface area contributed by atoms with E-state index in [0.29, 0.717) is 13.1 Å². The van der Waals surface area contributed by atoms with Crippen molar-refractivity contribution in [2.75, 3.05) is 25.1 Å². The first-order chi connectivity index (χ1) is 6.66. The van der Waals surface area contributed by atoms with Crippen LogP contribution in [-0.2, 0) is 0 Å². The van der Waals surface area contributed by atoms with Crippen LogP contribution in [0.25, 0.3) is 0 Å². The van der Waals surface area contributed by atoms with Crippen molar-refractivity contribution in [2.24, 2.45) is 5.84 Å². The van der Waals surface area contributed by atoms with Crippen LogP contribution in [0, 0.1) is 0 Å². The van der Waals surface area contributed by atoms with Gasteiger partial charge in [-0.2, -0.15) is 0 Å². The highest BCUT2D eigenvalue weighted by atomic mass is 16.3. The lowest BCUT2D eigenvalue weighted by Crippen LogP contribution is -2.39. The monoisotopic (exact) mass is 199 g/mol. The van der Waals surface area contributed by atoms with E-state index in [1.54, 1.807) is 7.05 Å². The van der Waals surface area contributed by atoms with E-state index in [1.165, 1.54) is 11.3 Å². The second-order valence-electron chi connectivity index (χ2n) is 2.77. The van der Waals surface area contributed by atoms with Gasteiger partial charge in [-0.1, -0.05) is 0 Å². The van der Waals surface area contributed by atoms with Crippen LogP contribution in [0.5, 0.6) is 5.75 Å². The molecule has 0 aromatic carbocycles. The van der Waals surface area contributed by atoms with E-state index in [-0.39, 0.29) is 5.69 Å². The second kappa shape index (κ2) is 4.64. The number of aromatic hydroxyl groups is 1. The van der Waals surface area contributed by atoms with E-state index in [9.17, 15) is 4.79 Å². The van der Waals surface area contributed by atoms with Crippen LogP contribution < -0.4 is 21.6 Å². The minimum atomic E-state index is -0.533. The molecule has 0 aliphatic carbocycles. The highest BCUT2D eigenvalue weighted by Gasteiger charge is 2.09. The molecule has 0 amide bonds. The third kappa shape index (κ3) is 2.24. The number of hydrogen-bond acceptors (Lipinski definition) is 6. The molecule has 1 aromatic heterocycles. The van der Waals surface area contributed by atoms with Crippen LogP contribution >= 0.6 is 0 Å². The van der Waals surface area contributed by atoms with Crippen LogP contribution in [0.2, 0.25) is 0 Å². The van der Waals surface area contributed by atoms with Crippen molar-refractivity contribution in [3.8, 4) is 5.75 Å². The number of hydrogen-bond donors (Lipinski definition) is 3. The van der Waals surface area contributed by atoms with Crippen LogP contribution in [-0.4, -0.2) is 25.2 Å². The van der Waals surface area contributed by atoms with Gasteiger partial charge in [0.15, 0.2) is 0 Å². The topological polar surface area (TPSA) is 91.7 Å². The molecule has 0 aliphatic heterocycles. The van der Waals surface area contributed by atoms with Crippen molar-refractivity contribution in [2.45, 2.75) is 0 Å². The highest BCUT2D eigenvalue weighted by Crippen LogP contribution is 2.08. The number of hydrazine groups is 1. The van der Waals surface area contributed by atoms with Crippen molar-refractivity contribution in [3.05, 3.63) is 22.7 Å². The molecule has 1 aromatic rings. The van der Waals surface area contributed by atoms with Gasteiger partial charge in [0.25, 0.3) is 5.43 Å². The molecule has 0 fully saturated rings. The highest BCUT2D eigenvalue weighted by molar-refractivity contribution is 5.44. The van der Waals surface area contributed by atoms with Crippen molar-refractivity contribution in [3.63, 3.8) is 0 Å². The average molecular weight is 199 g/mol. The average Bonchev–Trinajstić information content (AvgIpc) is 2.18. The number of nitrogens with two attached hydrogens (primary N) is 1. The first-order valence-electron chi connectivity index (χ1n) is 4.13. The van der Waals surface area contributed by atoms with Crippen molar-refractivity contribution in [1.82, 2.24) is 5.32 Å². The Morgan fingerprint density at radius 3 is 3.00 bits per heavy atom. The summed E-state index contributed by atoms with van der Waals surface area (Å²) in [5.74, 6) is 5.13. The van der Waals surface area contributed by atoms with E-state index in [4.69, 9.17) is 15.4 Å². The molecule has 0 bridgehead atoms. The quantitative estimate of drug-likeness (QED) is 0.436. The molecule has 6 nitrogen and oxygen atoms in total. The summed E-state index contributed by atoms with van der Waals surface area (Å²) in [7, 11) is 1.78. The molecule has 1 rings (SSSR count). The lowest BCUT2D eigenvalue weighted by Gasteiger charge is -2.16. The lowest BCUT2D eigenvalue weighted by molar-refractivity contribution is 0.429. The first kappa shape index (κ1) is 10.6. The van der Waals surface area contributed by atoms with Gasteiger partial charge in [-0.25, -0.2) is 5.84 Å². The third-order valence-corrected chi connectivity index (χ3v) is 1.74. The smallest absolute Gasteiger partial charge is 0.251 e. The number of rotatable bonds is 4. The minimum absolute atomic E-state index is 0.139. The summed E-state index contributed by atoms with van der Waals surface area (Å²) < 4.78 is 4.73. The Morgan fingerprint density at radius 1 is 1.64 bits per heavy atom. The zero-order valence-corrected chi connectivity index (χ0v) is 7.86. The maximum Gasteiger partial charge on any atom is 0.251 e. The molecule has 0 unspecified atom stereocenters. The summed E-state index contributed by atoms with van der Waals surface area (Å²) in [5, 5.41) is 13.2. The SMILES string of the molecule is CNCCN(N)c1cocc(O)c1=O. The third-order valence-electron chi connectivity index (χ3n) is 1.74. The number of nitrogens with one attached hydrogen (secondary N) is 1. The Balaban J connectivity index is 2.84. The Morgan fingerprint density at radius 2 is 2.36 bits per heavy atom. The van der Waals surface area contributed by atoms with E-state index in [2.05, 4.69) is 5.32 Å². The molecule has 6 heteroatoms. The van der Waals surface area contributed by atoms with Gasteiger partial charge in [-0.05, 0) is 7.05 Å². The predicted octanol–water partition coefficient (Wildman–Crippen LogP) is -0.755. The fourth-order valence-electron chi connectivity index (χ4n) is 0.952. The summed E-state index contributed by atoms with van der Waals surface area (Å²) >= 11 is 0. The standard InChI is InChI=1S/C8H13N3O3/c1-10-2-3-11(9)6-4-14-5-7(12)8(6)13/h4-5,10,12H,2-3,9H2,1H3. The van der Waals surface area contributed by atoms with Crippen molar-refractivity contribution < 1.29 is 9.52 Å². The molecular weight excluding hydrogens is 186 g/mol. The Hall–Kier alpha value is -1.53. The van der Waals surface area contributed by atoms with E-state index in [1.807, 2.05) is 0 Å². The van der Waals surface area contributed by atoms with Gasteiger partial charge in [0.05, 0.1) is 0 Å². The predicted molar refractivity (Wildman–Crippen MR) is 52.1 cm³/mol. The molecule has 1 heterocycles. The molecule has 4 N–H and O–H groups in total. The maximum absolute atomic E-state index is 11.3. The fourth-order valence-corrected chi connectivity index (χ4v) is 0.952. The lowest BCUT2D eigenvalue weighted by atomic mass is 10.4. The summed E-state index contributed by atoms with van der Waals surface area (Å²) in [6, 6.07) is 0. The largest absolute Gasteiger partial charge is 0.502 e. The van der Waals surface area contributed by atoms with Gasteiger partial charge in [-0.15, -0.1) is 0 Å². The van der Waals surface area contributed by atoms with E-state index in [0.717, 1.165) is 6.26 Å². The zero-order valence-electron chi connectivity index (χ0n) is 7.86. The van der Waals surface area contributed by atoms with Crippen molar-refractivity contribution in [1.29, 1.82) is 0 Å². The number of likely N-dealkylation sites (N-methyl/N-ethyl adjacent to an activating group) is 1. The fraction of sp³-hybridized carbons (Fsp3) is 0.375. The summed E-state index contributed by atoms with van der Waals surface area (Å²) in [4.78, 5) is 11.3. The second-order valence-corrected chi connectivity index (χ2v) is 2.77. The Bertz CT molecular complexity index is 350. The Kier molecular flexibility index (Phi) is 3.49. The molecule has 14 heavy (non-hydrogen) atoms. The van der Waals surface area contributed by atoms with Gasteiger partial charge in [0.2, 0.25) is 5.75 Å². The van der Waals surface area contributed by atoms with Gasteiger partial charge in [-0.3, -0.25) is 4.79 Å². The van der Waals surface area contributed by atoms with Crippen LogP contribution in [0.4, 0.5) is 5.69 Å². The maximum atomic E-state index is 11.3. The summed E-state index contributed by atoms with van der Waals surface area (Å²) in [6.07, 6.45) is 2.18. The molecule has 0 aliphatic rings. The van der Waals surface area contributed by atoms with Gasteiger partial charge in [0, 0.05) is 13.1 Å². The molecular formula is C8H13N3O3. The van der Waals surface area contributed by atoms with E-state index >= 15 is 0 Å². The van der Waals surface area contributed by atoms with Gasteiger partial charge >= 0.3 is 0 Å². The molecule has 0 radical (unpaired) electrons. The van der Waals surface area contributed by atoms with Gasteiger partial charge < -0.3 is 19.8 Å². The van der Waals surface area contributed by atoms with Gasteiger partial charge in [0.1, 0.15) is 18.2 Å². The normalized spacial score (nSPS) is 10.1. The van der Waals surface area contributed by atoms with Crippen LogP contribution in [0.15, 0.2) is 21.7 Å². The summed E-state index contributed by atoms with van der Waals surface area (Å²) in [6.45, 7) is 1.08. The first-order valence-corrected chi connectivity index (χ1v) is 4.13. The number of anilines is 1. The van der Waals surface area contributed by atoms with Crippen LogP contribution in [0.1, 0.15) is 0 Å². The molecule has 0 saturated heterocycles. The minimum Gasteiger partial charge on any atom is -0.502 e. The molecule has 0 saturated carbocycles. The summed E-state index contributed by atoms with van der Waals surface area (Å²) in [5.41, 5.74) is -0.393. The molecule has 78 valence electrons. The molecule has 0 atom stereocenters. The zero-order chi connectivity index (χ0) is 10.6. The Labute approximate surface area is 80.9 Å². The number of nitrogens with zero attached hydrogens (tertiary/aromatic N) is 1. The van der Waals surface area contributed by atoms with E-state index < -0.39 is 11.2 Å². The van der Waals surface area contributed by atoms with Crippen LogP contribution in [0.3, 0.4) is 0 Å². The van der Waals surface area contributed by atoms with Crippen molar-refractivity contribution >= 4 is 5.69 Å². The molecule has 0 spiro atoms.